The van der Waals surface area contributed by atoms with E-state index in [-0.39, 0.29) is 35.9 Å². The van der Waals surface area contributed by atoms with E-state index in [1.807, 2.05) is 19.9 Å². The Hall–Kier alpha value is -3.34. The Morgan fingerprint density at radius 3 is 1.95 bits per heavy atom. The number of carbonyl (C=O) groups is 2. The molecule has 0 unspecified atom stereocenters. The maximum absolute atomic E-state index is 12.8. The third kappa shape index (κ3) is 7.14. The molecule has 2 aliphatic heterocycles. The van der Waals surface area contributed by atoms with Gasteiger partial charge in [0.2, 0.25) is 11.8 Å². The number of benzene rings is 2. The first-order chi connectivity index (χ1) is 21.0. The standard InChI is InChI=1S/C17H23ClN2O4.C14H14Cl2N2O2/c1-4-24-17(22)20-8-6-5-7-19(20)16(21)11-13-14(18)9-12(2)10-15(13)23-3;1-8-6-9(15)11(10(16)7-8)12-13(19)17-4-2-3-5-18(17)14(12)20/h9-10H,4-8,11H2,1-3H3;6-7,19H,2-5H2,1H3. The summed E-state index contributed by atoms with van der Waals surface area (Å²) in [6.07, 6.45) is 3.14. The molecule has 1 N–H and O–H groups in total. The van der Waals surface area contributed by atoms with Crippen molar-refractivity contribution >= 4 is 46.8 Å². The summed E-state index contributed by atoms with van der Waals surface area (Å²) in [5.74, 6) is 0.321. The fraction of sp³-hybridized carbons (Fsp3) is 0.452. The van der Waals surface area contributed by atoms with Gasteiger partial charge in [-0.05, 0) is 81.8 Å². The Kier molecular flexibility index (Phi) is 11.2. The highest BCUT2D eigenvalue weighted by atomic mass is 35.5. The van der Waals surface area contributed by atoms with Gasteiger partial charge in [0.05, 0.1) is 30.2 Å². The molecule has 44 heavy (non-hydrogen) atoms. The number of hydrazine groups is 1. The number of ether oxygens (including phenoxy) is 2. The van der Waals surface area contributed by atoms with Crippen LogP contribution in [0.2, 0.25) is 15.1 Å². The molecular formula is C31H37Cl3N4O6. The maximum Gasteiger partial charge on any atom is 0.428 e. The quantitative estimate of drug-likeness (QED) is 0.328. The Morgan fingerprint density at radius 1 is 0.818 bits per heavy atom. The first-order valence-corrected chi connectivity index (χ1v) is 15.7. The molecule has 0 atom stereocenters. The van der Waals surface area contributed by atoms with Crippen molar-refractivity contribution in [2.24, 2.45) is 0 Å². The van der Waals surface area contributed by atoms with Gasteiger partial charge in [-0.1, -0.05) is 34.8 Å². The molecule has 1 fully saturated rings. The van der Waals surface area contributed by atoms with Crippen molar-refractivity contribution < 1.29 is 24.2 Å². The lowest BCUT2D eigenvalue weighted by molar-refractivity contribution is -0.148. The average molecular weight is 668 g/mol. The molecule has 1 saturated heterocycles. The van der Waals surface area contributed by atoms with E-state index in [0.29, 0.717) is 58.1 Å². The lowest BCUT2D eigenvalue weighted by Gasteiger charge is -2.37. The Balaban J connectivity index is 0.000000204. The largest absolute Gasteiger partial charge is 0.496 e. The van der Waals surface area contributed by atoms with Crippen LogP contribution < -0.4 is 10.3 Å². The Labute approximate surface area is 271 Å². The van der Waals surface area contributed by atoms with E-state index in [9.17, 15) is 19.5 Å². The zero-order valence-corrected chi connectivity index (χ0v) is 27.6. The summed E-state index contributed by atoms with van der Waals surface area (Å²) in [5.41, 5.74) is 2.86. The molecule has 0 bridgehead atoms. The number of amides is 2. The molecule has 238 valence electrons. The number of fused-ring (bicyclic) bond motifs is 1. The number of rotatable bonds is 5. The molecule has 0 spiro atoms. The number of hydrogen-bond donors (Lipinski definition) is 1. The van der Waals surface area contributed by atoms with E-state index in [2.05, 4.69) is 0 Å². The molecule has 10 nitrogen and oxygen atoms in total. The highest BCUT2D eigenvalue weighted by Crippen LogP contribution is 2.39. The van der Waals surface area contributed by atoms with Crippen LogP contribution in [0.5, 0.6) is 11.6 Å². The molecule has 5 rings (SSSR count). The van der Waals surface area contributed by atoms with Crippen molar-refractivity contribution in [1.29, 1.82) is 0 Å². The van der Waals surface area contributed by atoms with Gasteiger partial charge in [-0.15, -0.1) is 0 Å². The van der Waals surface area contributed by atoms with E-state index in [0.717, 1.165) is 36.8 Å². The van der Waals surface area contributed by atoms with Gasteiger partial charge in [0.1, 0.15) is 11.3 Å². The number of halogens is 3. The van der Waals surface area contributed by atoms with Gasteiger partial charge in [0.25, 0.3) is 5.56 Å². The highest BCUT2D eigenvalue weighted by molar-refractivity contribution is 6.39. The number of aryl methyl sites for hydroxylation is 2. The van der Waals surface area contributed by atoms with Crippen LogP contribution in [-0.4, -0.2) is 63.3 Å². The van der Waals surface area contributed by atoms with Crippen LogP contribution in [0.25, 0.3) is 11.1 Å². The van der Waals surface area contributed by atoms with Crippen LogP contribution in [-0.2, 0) is 29.0 Å². The molecule has 13 heteroatoms. The van der Waals surface area contributed by atoms with Gasteiger partial charge in [0, 0.05) is 42.3 Å². The first kappa shape index (κ1) is 33.6. The second-order valence-electron chi connectivity index (χ2n) is 10.7. The fourth-order valence-electron chi connectivity index (χ4n) is 5.46. The third-order valence-electron chi connectivity index (χ3n) is 7.53. The van der Waals surface area contributed by atoms with Crippen molar-refractivity contribution in [3.8, 4) is 22.8 Å². The zero-order valence-electron chi connectivity index (χ0n) is 25.3. The first-order valence-electron chi connectivity index (χ1n) is 14.5. The summed E-state index contributed by atoms with van der Waals surface area (Å²) in [4.78, 5) is 37.3. The van der Waals surface area contributed by atoms with Crippen molar-refractivity contribution in [2.45, 2.75) is 66.0 Å². The van der Waals surface area contributed by atoms with Crippen LogP contribution in [0.1, 0.15) is 49.3 Å². The van der Waals surface area contributed by atoms with E-state index in [4.69, 9.17) is 44.3 Å². The Bertz CT molecular complexity index is 1580. The Morgan fingerprint density at radius 2 is 1.36 bits per heavy atom. The smallest absolute Gasteiger partial charge is 0.428 e. The monoisotopic (exact) mass is 666 g/mol. The summed E-state index contributed by atoms with van der Waals surface area (Å²) in [5, 5.41) is 14.4. The molecule has 0 aliphatic carbocycles. The summed E-state index contributed by atoms with van der Waals surface area (Å²) in [6, 6.07) is 7.12. The van der Waals surface area contributed by atoms with Crippen molar-refractivity contribution in [3.63, 3.8) is 0 Å². The number of aromatic hydroxyl groups is 1. The summed E-state index contributed by atoms with van der Waals surface area (Å²) < 4.78 is 13.5. The molecule has 1 aromatic heterocycles. The summed E-state index contributed by atoms with van der Waals surface area (Å²) in [7, 11) is 1.55. The predicted octanol–water partition coefficient (Wildman–Crippen LogP) is 6.63. The van der Waals surface area contributed by atoms with Crippen LogP contribution >= 0.6 is 34.8 Å². The minimum absolute atomic E-state index is 0.0534. The van der Waals surface area contributed by atoms with E-state index < -0.39 is 6.09 Å². The zero-order chi connectivity index (χ0) is 32.1. The van der Waals surface area contributed by atoms with E-state index in [1.54, 1.807) is 41.6 Å². The minimum atomic E-state index is -0.493. The number of methoxy groups -OCH3 is 1. The van der Waals surface area contributed by atoms with Crippen LogP contribution in [0.4, 0.5) is 4.79 Å². The predicted molar refractivity (Wildman–Crippen MR) is 171 cm³/mol. The second kappa shape index (κ2) is 14.6. The maximum atomic E-state index is 12.8. The van der Waals surface area contributed by atoms with E-state index in [1.165, 1.54) is 10.0 Å². The molecule has 2 aliphatic rings. The lowest BCUT2D eigenvalue weighted by Crippen LogP contribution is -2.53. The van der Waals surface area contributed by atoms with Gasteiger partial charge in [-0.25, -0.2) is 19.5 Å². The molecule has 2 amide bonds. The van der Waals surface area contributed by atoms with Gasteiger partial charge >= 0.3 is 6.09 Å². The number of aromatic nitrogens is 2. The molecular weight excluding hydrogens is 631 g/mol. The molecule has 2 aromatic carbocycles. The summed E-state index contributed by atoms with van der Waals surface area (Å²) >= 11 is 18.7. The van der Waals surface area contributed by atoms with Crippen LogP contribution in [0.3, 0.4) is 0 Å². The summed E-state index contributed by atoms with van der Waals surface area (Å²) in [6.45, 7) is 7.99. The van der Waals surface area contributed by atoms with Gasteiger partial charge in [-0.2, -0.15) is 0 Å². The second-order valence-corrected chi connectivity index (χ2v) is 11.9. The normalized spacial score (nSPS) is 14.4. The molecule has 3 aromatic rings. The fourth-order valence-corrected chi connectivity index (χ4v) is 6.57. The van der Waals surface area contributed by atoms with Crippen molar-refractivity contribution in [2.75, 3.05) is 26.8 Å². The SMILES string of the molecule is CCOC(=O)N1CCCCN1C(=O)Cc1c(Cl)cc(C)cc1OC.Cc1cc(Cl)c(-c2c(O)n3n(c2=O)CCCC3)c(Cl)c1. The molecule has 3 heterocycles. The van der Waals surface area contributed by atoms with Crippen LogP contribution in [0.15, 0.2) is 29.1 Å². The van der Waals surface area contributed by atoms with Gasteiger partial charge in [0.15, 0.2) is 0 Å². The van der Waals surface area contributed by atoms with Crippen molar-refractivity contribution in [1.82, 2.24) is 19.4 Å². The molecule has 0 radical (unpaired) electrons. The number of carbonyl (C=O) groups excluding carboxylic acids is 2. The molecule has 0 saturated carbocycles. The highest BCUT2D eigenvalue weighted by Gasteiger charge is 2.31. The minimum Gasteiger partial charge on any atom is -0.496 e. The van der Waals surface area contributed by atoms with Gasteiger partial charge < -0.3 is 14.6 Å². The van der Waals surface area contributed by atoms with Crippen molar-refractivity contribution in [3.05, 3.63) is 66.4 Å². The van der Waals surface area contributed by atoms with Crippen LogP contribution in [0, 0.1) is 13.8 Å². The van der Waals surface area contributed by atoms with Gasteiger partial charge in [-0.3, -0.25) is 14.3 Å². The topological polar surface area (TPSA) is 106 Å². The van der Waals surface area contributed by atoms with E-state index >= 15 is 0 Å². The third-order valence-corrected chi connectivity index (χ3v) is 8.46. The lowest BCUT2D eigenvalue weighted by atomic mass is 10.1. The average Bonchev–Trinajstić information content (AvgIpc) is 3.23. The number of hydrogen-bond acceptors (Lipinski definition) is 6. The number of nitrogens with zero attached hydrogens (tertiary/aromatic N) is 4.